The standard InChI is InChI=1S/C18H21FN4O2S/c19-13-2-6-15(7-3-13)26(24,25)22-10-16(18(11-22)8-1-9-18)17-21-20-12-23(17)14-4-5-14/h2-3,6-7,12,14,16H,1,4-5,8-11H2. The van der Waals surface area contributed by atoms with E-state index in [1.807, 2.05) is 0 Å². The molecule has 2 saturated carbocycles. The second kappa shape index (κ2) is 5.60. The van der Waals surface area contributed by atoms with Gasteiger partial charge in [-0.05, 0) is 55.4 Å². The first kappa shape index (κ1) is 16.4. The maximum absolute atomic E-state index is 13.2. The number of benzene rings is 1. The molecule has 1 saturated heterocycles. The molecule has 2 aliphatic carbocycles. The van der Waals surface area contributed by atoms with Gasteiger partial charge in [-0.2, -0.15) is 4.31 Å². The second-order valence-electron chi connectivity index (χ2n) is 7.85. The molecule has 0 radical (unpaired) electrons. The van der Waals surface area contributed by atoms with Crippen molar-refractivity contribution in [3.63, 3.8) is 0 Å². The fourth-order valence-electron chi connectivity index (χ4n) is 4.49. The van der Waals surface area contributed by atoms with Crippen molar-refractivity contribution in [2.24, 2.45) is 5.41 Å². The molecule has 0 amide bonds. The van der Waals surface area contributed by atoms with Crippen molar-refractivity contribution in [1.29, 1.82) is 0 Å². The van der Waals surface area contributed by atoms with Gasteiger partial charge in [0.1, 0.15) is 18.0 Å². The van der Waals surface area contributed by atoms with Crippen LogP contribution in [0.25, 0.3) is 0 Å². The van der Waals surface area contributed by atoms with Crippen LogP contribution < -0.4 is 0 Å². The highest BCUT2D eigenvalue weighted by Gasteiger charge is 2.55. The van der Waals surface area contributed by atoms with E-state index in [1.54, 1.807) is 10.6 Å². The van der Waals surface area contributed by atoms with Gasteiger partial charge in [0.25, 0.3) is 0 Å². The first-order chi connectivity index (χ1) is 12.5. The zero-order valence-corrected chi connectivity index (χ0v) is 15.2. The van der Waals surface area contributed by atoms with Gasteiger partial charge in [-0.15, -0.1) is 10.2 Å². The van der Waals surface area contributed by atoms with Gasteiger partial charge in [-0.3, -0.25) is 0 Å². The third kappa shape index (κ3) is 2.42. The van der Waals surface area contributed by atoms with Crippen LogP contribution in [0.2, 0.25) is 0 Å². The number of rotatable bonds is 4. The first-order valence-corrected chi connectivity index (χ1v) is 10.6. The van der Waals surface area contributed by atoms with Crippen molar-refractivity contribution < 1.29 is 12.8 Å². The molecule has 138 valence electrons. The molecule has 1 atom stereocenters. The van der Waals surface area contributed by atoms with E-state index < -0.39 is 15.8 Å². The molecule has 1 aromatic carbocycles. The Bertz CT molecular complexity index is 932. The summed E-state index contributed by atoms with van der Waals surface area (Å²) < 4.78 is 43.1. The predicted molar refractivity (Wildman–Crippen MR) is 92.5 cm³/mol. The van der Waals surface area contributed by atoms with E-state index in [1.165, 1.54) is 24.3 Å². The molecule has 0 bridgehead atoms. The van der Waals surface area contributed by atoms with Crippen LogP contribution in [0, 0.1) is 11.2 Å². The SMILES string of the molecule is O=S(=O)(c1ccc(F)cc1)N1CC(c2nncn2C2CC2)C2(CCC2)C1. The van der Waals surface area contributed by atoms with Gasteiger partial charge in [0.15, 0.2) is 0 Å². The number of aromatic nitrogens is 3. The second-order valence-corrected chi connectivity index (χ2v) is 9.79. The summed E-state index contributed by atoms with van der Waals surface area (Å²) in [6, 6.07) is 5.56. The maximum Gasteiger partial charge on any atom is 0.243 e. The fraction of sp³-hybridized carbons (Fsp3) is 0.556. The molecule has 3 fully saturated rings. The summed E-state index contributed by atoms with van der Waals surface area (Å²) >= 11 is 0. The van der Waals surface area contributed by atoms with Crippen LogP contribution in [-0.2, 0) is 10.0 Å². The molecule has 26 heavy (non-hydrogen) atoms. The van der Waals surface area contributed by atoms with Crippen LogP contribution in [0.4, 0.5) is 4.39 Å². The molecule has 5 rings (SSSR count). The van der Waals surface area contributed by atoms with Crippen LogP contribution in [0.3, 0.4) is 0 Å². The van der Waals surface area contributed by atoms with E-state index in [9.17, 15) is 12.8 Å². The van der Waals surface area contributed by atoms with Crippen LogP contribution in [0.1, 0.15) is 49.9 Å². The first-order valence-electron chi connectivity index (χ1n) is 9.15. The number of hydrogen-bond acceptors (Lipinski definition) is 4. The lowest BCUT2D eigenvalue weighted by Crippen LogP contribution is -2.38. The van der Waals surface area contributed by atoms with Gasteiger partial charge in [0, 0.05) is 25.0 Å². The van der Waals surface area contributed by atoms with E-state index >= 15 is 0 Å². The Morgan fingerprint density at radius 1 is 1.15 bits per heavy atom. The largest absolute Gasteiger partial charge is 0.314 e. The van der Waals surface area contributed by atoms with Gasteiger partial charge in [-0.25, -0.2) is 12.8 Å². The summed E-state index contributed by atoms with van der Waals surface area (Å²) in [4.78, 5) is 0.151. The molecule has 2 heterocycles. The van der Waals surface area contributed by atoms with Crippen molar-refractivity contribution >= 4 is 10.0 Å². The van der Waals surface area contributed by atoms with Crippen molar-refractivity contribution in [1.82, 2.24) is 19.1 Å². The minimum absolute atomic E-state index is 0.0349. The fourth-order valence-corrected chi connectivity index (χ4v) is 6.04. The smallest absolute Gasteiger partial charge is 0.243 e. The van der Waals surface area contributed by atoms with Crippen LogP contribution in [0.15, 0.2) is 35.5 Å². The summed E-state index contributed by atoms with van der Waals surface area (Å²) in [7, 11) is -3.63. The molecule has 3 aliphatic rings. The average molecular weight is 376 g/mol. The molecular weight excluding hydrogens is 355 g/mol. The number of nitrogens with zero attached hydrogens (tertiary/aromatic N) is 4. The highest BCUT2D eigenvalue weighted by Crippen LogP contribution is 2.56. The quantitative estimate of drug-likeness (QED) is 0.823. The Morgan fingerprint density at radius 3 is 2.50 bits per heavy atom. The Morgan fingerprint density at radius 2 is 1.88 bits per heavy atom. The zero-order chi connectivity index (χ0) is 17.9. The molecule has 0 N–H and O–H groups in total. The Balaban J connectivity index is 1.49. The van der Waals surface area contributed by atoms with E-state index in [0.717, 1.165) is 37.9 Å². The van der Waals surface area contributed by atoms with Gasteiger partial charge in [-0.1, -0.05) is 6.42 Å². The number of halogens is 1. The molecule has 1 unspecified atom stereocenters. The topological polar surface area (TPSA) is 68.1 Å². The third-order valence-corrected chi connectivity index (χ3v) is 8.10. The van der Waals surface area contributed by atoms with Crippen molar-refractivity contribution in [3.05, 3.63) is 42.2 Å². The lowest BCUT2D eigenvalue weighted by Gasteiger charge is -2.42. The van der Waals surface area contributed by atoms with Crippen molar-refractivity contribution in [2.45, 2.75) is 49.0 Å². The van der Waals surface area contributed by atoms with E-state index in [-0.39, 0.29) is 16.2 Å². The lowest BCUT2D eigenvalue weighted by atomic mass is 9.62. The molecule has 8 heteroatoms. The number of sulfonamides is 1. The van der Waals surface area contributed by atoms with Crippen molar-refractivity contribution in [3.8, 4) is 0 Å². The van der Waals surface area contributed by atoms with Crippen molar-refractivity contribution in [2.75, 3.05) is 13.1 Å². The van der Waals surface area contributed by atoms with Gasteiger partial charge < -0.3 is 4.57 Å². The minimum Gasteiger partial charge on any atom is -0.314 e. The minimum atomic E-state index is -3.63. The maximum atomic E-state index is 13.2. The van der Waals surface area contributed by atoms with Crippen LogP contribution >= 0.6 is 0 Å². The Labute approximate surface area is 152 Å². The van der Waals surface area contributed by atoms with E-state index in [4.69, 9.17) is 0 Å². The molecule has 1 aliphatic heterocycles. The summed E-state index contributed by atoms with van der Waals surface area (Å²) in [5, 5.41) is 8.49. The van der Waals surface area contributed by atoms with E-state index in [2.05, 4.69) is 14.8 Å². The lowest BCUT2D eigenvalue weighted by molar-refractivity contribution is 0.125. The van der Waals surface area contributed by atoms with Gasteiger partial charge in [0.2, 0.25) is 10.0 Å². The Hall–Kier alpha value is -1.80. The van der Waals surface area contributed by atoms with Crippen LogP contribution in [-0.4, -0.2) is 40.6 Å². The van der Waals surface area contributed by atoms with Crippen LogP contribution in [0.5, 0.6) is 0 Å². The monoisotopic (exact) mass is 376 g/mol. The third-order valence-electron chi connectivity index (χ3n) is 6.27. The van der Waals surface area contributed by atoms with Gasteiger partial charge >= 0.3 is 0 Å². The Kier molecular flexibility index (Phi) is 3.53. The van der Waals surface area contributed by atoms with Gasteiger partial charge in [0.05, 0.1) is 4.90 Å². The highest BCUT2D eigenvalue weighted by molar-refractivity contribution is 7.89. The highest BCUT2D eigenvalue weighted by atomic mass is 32.2. The number of hydrogen-bond donors (Lipinski definition) is 0. The predicted octanol–water partition coefficient (Wildman–Crippen LogP) is 2.71. The normalized spacial score (nSPS) is 25.5. The summed E-state index contributed by atoms with van der Waals surface area (Å²) in [5.74, 6) is 0.579. The average Bonchev–Trinajstić information content (AvgIpc) is 3.17. The molecule has 1 spiro atoms. The molecule has 2 aromatic rings. The summed E-state index contributed by atoms with van der Waals surface area (Å²) in [6.07, 6.45) is 7.23. The summed E-state index contributed by atoms with van der Waals surface area (Å²) in [6.45, 7) is 0.931. The van der Waals surface area contributed by atoms with E-state index in [0.29, 0.717) is 19.1 Å². The molecule has 6 nitrogen and oxygen atoms in total. The molecule has 1 aromatic heterocycles. The zero-order valence-electron chi connectivity index (χ0n) is 14.4. The molecular formula is C18H21FN4O2S. The summed E-state index contributed by atoms with van der Waals surface area (Å²) in [5.41, 5.74) is -0.0349.